The number of benzene rings is 2. The highest BCUT2D eigenvalue weighted by Crippen LogP contribution is 2.25. The molecule has 2 rings (SSSR count). The Hall–Kier alpha value is -1.74. The van der Waals surface area contributed by atoms with E-state index in [0.717, 1.165) is 17.2 Å². The SMILES string of the molecule is CNC(c1cc(F)cc(F)c1)c1ccccc1C. The molecule has 0 aliphatic carbocycles. The second-order valence-corrected chi connectivity index (χ2v) is 4.28. The number of hydrogen-bond acceptors (Lipinski definition) is 1. The summed E-state index contributed by atoms with van der Waals surface area (Å²) in [7, 11) is 1.78. The van der Waals surface area contributed by atoms with E-state index in [4.69, 9.17) is 0 Å². The number of nitrogens with one attached hydrogen (secondary N) is 1. The Morgan fingerprint density at radius 1 is 1.00 bits per heavy atom. The Morgan fingerprint density at radius 3 is 2.17 bits per heavy atom. The maximum Gasteiger partial charge on any atom is 0.126 e. The zero-order valence-corrected chi connectivity index (χ0v) is 10.4. The van der Waals surface area contributed by atoms with Crippen LogP contribution in [0.5, 0.6) is 0 Å². The van der Waals surface area contributed by atoms with E-state index < -0.39 is 11.6 Å². The Labute approximate surface area is 105 Å². The van der Waals surface area contributed by atoms with Crippen molar-refractivity contribution >= 4 is 0 Å². The van der Waals surface area contributed by atoms with Gasteiger partial charge in [-0.2, -0.15) is 0 Å². The summed E-state index contributed by atoms with van der Waals surface area (Å²) in [6.45, 7) is 1.98. The highest BCUT2D eigenvalue weighted by atomic mass is 19.1. The number of rotatable bonds is 3. The maximum absolute atomic E-state index is 13.3. The van der Waals surface area contributed by atoms with Gasteiger partial charge in [0.2, 0.25) is 0 Å². The second-order valence-electron chi connectivity index (χ2n) is 4.28. The fraction of sp³-hybridized carbons (Fsp3) is 0.200. The number of aryl methyl sites for hydroxylation is 1. The van der Waals surface area contributed by atoms with Crippen molar-refractivity contribution in [2.24, 2.45) is 0 Å². The van der Waals surface area contributed by atoms with Crippen LogP contribution >= 0.6 is 0 Å². The van der Waals surface area contributed by atoms with E-state index in [1.807, 2.05) is 31.2 Å². The Balaban J connectivity index is 2.48. The monoisotopic (exact) mass is 247 g/mol. The van der Waals surface area contributed by atoms with Gasteiger partial charge in [0.05, 0.1) is 6.04 Å². The predicted octanol–water partition coefficient (Wildman–Crippen LogP) is 3.58. The minimum absolute atomic E-state index is 0.212. The molecule has 0 aromatic heterocycles. The standard InChI is InChI=1S/C15H15F2N/c1-10-5-3-4-6-14(10)15(18-2)11-7-12(16)9-13(17)8-11/h3-9,15,18H,1-2H3. The summed E-state index contributed by atoms with van der Waals surface area (Å²) in [6.07, 6.45) is 0. The van der Waals surface area contributed by atoms with Crippen LogP contribution in [0.25, 0.3) is 0 Å². The fourth-order valence-corrected chi connectivity index (χ4v) is 2.15. The quantitative estimate of drug-likeness (QED) is 0.874. The molecule has 1 N–H and O–H groups in total. The predicted molar refractivity (Wildman–Crippen MR) is 68.4 cm³/mol. The highest BCUT2D eigenvalue weighted by Gasteiger charge is 2.15. The van der Waals surface area contributed by atoms with Crippen LogP contribution in [0.15, 0.2) is 42.5 Å². The molecule has 0 amide bonds. The lowest BCUT2D eigenvalue weighted by Gasteiger charge is -2.19. The average molecular weight is 247 g/mol. The molecular weight excluding hydrogens is 232 g/mol. The van der Waals surface area contributed by atoms with E-state index in [0.29, 0.717) is 5.56 Å². The van der Waals surface area contributed by atoms with Crippen molar-refractivity contribution in [1.29, 1.82) is 0 Å². The van der Waals surface area contributed by atoms with Crippen molar-refractivity contribution in [2.45, 2.75) is 13.0 Å². The van der Waals surface area contributed by atoms with Crippen LogP contribution in [0.2, 0.25) is 0 Å². The summed E-state index contributed by atoms with van der Waals surface area (Å²) < 4.78 is 26.5. The molecule has 0 radical (unpaired) electrons. The molecule has 0 aliphatic rings. The average Bonchev–Trinajstić information content (AvgIpc) is 2.31. The van der Waals surface area contributed by atoms with Gasteiger partial charge >= 0.3 is 0 Å². The van der Waals surface area contributed by atoms with Crippen LogP contribution in [-0.4, -0.2) is 7.05 Å². The van der Waals surface area contributed by atoms with Crippen molar-refractivity contribution in [3.8, 4) is 0 Å². The largest absolute Gasteiger partial charge is 0.309 e. The van der Waals surface area contributed by atoms with Gasteiger partial charge < -0.3 is 5.32 Å². The third-order valence-corrected chi connectivity index (χ3v) is 3.01. The molecule has 0 fully saturated rings. The van der Waals surface area contributed by atoms with Crippen molar-refractivity contribution in [3.05, 3.63) is 70.8 Å². The molecule has 2 aromatic carbocycles. The minimum atomic E-state index is -0.557. The summed E-state index contributed by atoms with van der Waals surface area (Å²) in [5, 5.41) is 3.10. The van der Waals surface area contributed by atoms with Gasteiger partial charge in [0.25, 0.3) is 0 Å². The lowest BCUT2D eigenvalue weighted by atomic mass is 9.95. The van der Waals surface area contributed by atoms with Gasteiger partial charge in [0.15, 0.2) is 0 Å². The van der Waals surface area contributed by atoms with E-state index in [9.17, 15) is 8.78 Å². The Morgan fingerprint density at radius 2 is 1.61 bits per heavy atom. The molecule has 0 spiro atoms. The van der Waals surface area contributed by atoms with E-state index in [1.54, 1.807) is 7.05 Å². The fourth-order valence-electron chi connectivity index (χ4n) is 2.15. The van der Waals surface area contributed by atoms with Gasteiger partial charge in [-0.15, -0.1) is 0 Å². The first-order valence-corrected chi connectivity index (χ1v) is 5.80. The first kappa shape index (κ1) is 12.7. The molecule has 0 saturated carbocycles. The number of hydrogen-bond donors (Lipinski definition) is 1. The van der Waals surface area contributed by atoms with E-state index >= 15 is 0 Å². The van der Waals surface area contributed by atoms with E-state index in [-0.39, 0.29) is 6.04 Å². The smallest absolute Gasteiger partial charge is 0.126 e. The van der Waals surface area contributed by atoms with Crippen LogP contribution < -0.4 is 5.32 Å². The molecule has 18 heavy (non-hydrogen) atoms. The van der Waals surface area contributed by atoms with Crippen LogP contribution in [0.1, 0.15) is 22.7 Å². The minimum Gasteiger partial charge on any atom is -0.309 e. The van der Waals surface area contributed by atoms with Crippen molar-refractivity contribution in [2.75, 3.05) is 7.05 Å². The van der Waals surface area contributed by atoms with Crippen LogP contribution in [-0.2, 0) is 0 Å². The molecule has 0 bridgehead atoms. The second kappa shape index (κ2) is 5.27. The first-order chi connectivity index (χ1) is 8.61. The Bertz CT molecular complexity index is 532. The maximum atomic E-state index is 13.3. The molecule has 1 unspecified atom stereocenters. The molecule has 0 aliphatic heterocycles. The summed E-state index contributed by atoms with van der Waals surface area (Å²) in [6, 6.07) is 11.2. The van der Waals surface area contributed by atoms with Gasteiger partial charge in [0, 0.05) is 6.07 Å². The van der Waals surface area contributed by atoms with Gasteiger partial charge in [0.1, 0.15) is 11.6 Å². The summed E-state index contributed by atoms with van der Waals surface area (Å²) in [5.74, 6) is -1.11. The van der Waals surface area contributed by atoms with E-state index in [1.165, 1.54) is 12.1 Å². The van der Waals surface area contributed by atoms with Gasteiger partial charge in [-0.1, -0.05) is 24.3 Å². The summed E-state index contributed by atoms with van der Waals surface area (Å²) >= 11 is 0. The normalized spacial score (nSPS) is 12.4. The van der Waals surface area contributed by atoms with Crippen molar-refractivity contribution in [1.82, 2.24) is 5.32 Å². The molecule has 94 valence electrons. The molecule has 1 atom stereocenters. The van der Waals surface area contributed by atoms with Gasteiger partial charge in [-0.05, 0) is 42.8 Å². The summed E-state index contributed by atoms with van der Waals surface area (Å²) in [4.78, 5) is 0. The van der Waals surface area contributed by atoms with Gasteiger partial charge in [-0.3, -0.25) is 0 Å². The van der Waals surface area contributed by atoms with Crippen LogP contribution in [0.3, 0.4) is 0 Å². The third-order valence-electron chi connectivity index (χ3n) is 3.01. The highest BCUT2D eigenvalue weighted by molar-refractivity contribution is 5.37. The molecule has 0 heterocycles. The molecule has 3 heteroatoms. The lowest BCUT2D eigenvalue weighted by Crippen LogP contribution is -2.19. The zero-order chi connectivity index (χ0) is 13.1. The van der Waals surface area contributed by atoms with Gasteiger partial charge in [-0.25, -0.2) is 8.78 Å². The topological polar surface area (TPSA) is 12.0 Å². The van der Waals surface area contributed by atoms with Crippen molar-refractivity contribution < 1.29 is 8.78 Å². The molecule has 0 saturated heterocycles. The van der Waals surface area contributed by atoms with Crippen molar-refractivity contribution in [3.63, 3.8) is 0 Å². The molecule has 1 nitrogen and oxygen atoms in total. The lowest BCUT2D eigenvalue weighted by molar-refractivity contribution is 0.571. The van der Waals surface area contributed by atoms with E-state index in [2.05, 4.69) is 5.32 Å². The Kier molecular flexibility index (Phi) is 3.72. The van der Waals surface area contributed by atoms with Crippen LogP contribution in [0.4, 0.5) is 8.78 Å². The third kappa shape index (κ3) is 2.57. The summed E-state index contributed by atoms with van der Waals surface area (Å²) in [5.41, 5.74) is 2.69. The molecular formula is C15H15F2N. The van der Waals surface area contributed by atoms with Crippen LogP contribution in [0, 0.1) is 18.6 Å². The molecule has 2 aromatic rings. The first-order valence-electron chi connectivity index (χ1n) is 5.80. The number of halogens is 2. The zero-order valence-electron chi connectivity index (χ0n) is 10.4.